The molecule has 2 aromatic heterocycles. The van der Waals surface area contributed by atoms with Crippen molar-refractivity contribution in [2.24, 2.45) is 0 Å². The van der Waals surface area contributed by atoms with E-state index in [4.69, 9.17) is 11.6 Å². The monoisotopic (exact) mass is 333 g/mol. The van der Waals surface area contributed by atoms with Crippen molar-refractivity contribution in [2.45, 2.75) is 18.8 Å². The van der Waals surface area contributed by atoms with Crippen molar-refractivity contribution in [1.82, 2.24) is 15.0 Å². The maximum atomic E-state index is 13.7. The molecule has 0 saturated carbocycles. The number of benzene rings is 1. The fraction of sp³-hybridized carbons (Fsp3) is 0.176. The van der Waals surface area contributed by atoms with Crippen LogP contribution >= 0.6 is 11.6 Å². The van der Waals surface area contributed by atoms with Gasteiger partial charge in [-0.2, -0.15) is 0 Å². The van der Waals surface area contributed by atoms with Crippen LogP contribution in [0.5, 0.6) is 0 Å². The van der Waals surface area contributed by atoms with E-state index >= 15 is 0 Å². The molecular formula is C17H14ClF2N3. The van der Waals surface area contributed by atoms with E-state index in [0.29, 0.717) is 10.7 Å². The number of hydrogen-bond acceptors (Lipinski definition) is 2. The molecular weight excluding hydrogens is 320 g/mol. The highest BCUT2D eigenvalue weighted by Gasteiger charge is 2.25. The van der Waals surface area contributed by atoms with Crippen LogP contribution in [0.3, 0.4) is 0 Å². The van der Waals surface area contributed by atoms with E-state index in [2.05, 4.69) is 15.0 Å². The van der Waals surface area contributed by atoms with Crippen LogP contribution in [0.15, 0.2) is 49.1 Å². The van der Waals surface area contributed by atoms with Crippen LogP contribution < -0.4 is 0 Å². The summed E-state index contributed by atoms with van der Waals surface area (Å²) in [6.45, 7) is 1.97. The lowest BCUT2D eigenvalue weighted by molar-refractivity contribution is 0.568. The summed E-state index contributed by atoms with van der Waals surface area (Å²) in [7, 11) is 0. The minimum atomic E-state index is -0.609. The number of aromatic nitrogens is 3. The third kappa shape index (κ3) is 3.40. The van der Waals surface area contributed by atoms with E-state index in [1.807, 2.05) is 6.92 Å². The molecule has 0 spiro atoms. The average molecular weight is 334 g/mol. The zero-order chi connectivity index (χ0) is 16.4. The van der Waals surface area contributed by atoms with Crippen LogP contribution in [-0.4, -0.2) is 15.0 Å². The van der Waals surface area contributed by atoms with Gasteiger partial charge in [-0.3, -0.25) is 0 Å². The highest BCUT2D eigenvalue weighted by atomic mass is 35.5. The quantitative estimate of drug-likeness (QED) is 0.705. The lowest BCUT2D eigenvalue weighted by atomic mass is 9.80. The molecule has 2 unspecified atom stereocenters. The van der Waals surface area contributed by atoms with Gasteiger partial charge in [-0.1, -0.05) is 18.5 Å². The highest BCUT2D eigenvalue weighted by Crippen LogP contribution is 2.38. The smallest absolute Gasteiger partial charge is 0.129 e. The number of hydrogen-bond donors (Lipinski definition) is 1. The molecule has 3 aromatic rings. The SMILES string of the molecule is CC(c1cnc[nH]1)C(c1cc(F)cc(F)c1)c1ccnc(Cl)c1. The predicted octanol–water partition coefficient (Wildman–Crippen LogP) is 4.67. The zero-order valence-electron chi connectivity index (χ0n) is 12.3. The number of pyridine rings is 1. The molecule has 3 nitrogen and oxygen atoms in total. The number of nitrogens with one attached hydrogen (secondary N) is 1. The number of rotatable bonds is 4. The number of nitrogens with zero attached hydrogens (tertiary/aromatic N) is 2. The maximum absolute atomic E-state index is 13.7. The van der Waals surface area contributed by atoms with E-state index in [1.165, 1.54) is 12.1 Å². The van der Waals surface area contributed by atoms with Gasteiger partial charge in [-0.15, -0.1) is 0 Å². The molecule has 0 saturated heterocycles. The molecule has 0 bridgehead atoms. The van der Waals surface area contributed by atoms with Gasteiger partial charge in [-0.05, 0) is 35.4 Å². The summed E-state index contributed by atoms with van der Waals surface area (Å²) < 4.78 is 27.4. The predicted molar refractivity (Wildman–Crippen MR) is 84.5 cm³/mol. The molecule has 6 heteroatoms. The molecule has 1 N–H and O–H groups in total. The maximum Gasteiger partial charge on any atom is 0.129 e. The molecule has 3 rings (SSSR count). The summed E-state index contributed by atoms with van der Waals surface area (Å²) >= 11 is 5.99. The Labute approximate surface area is 137 Å². The zero-order valence-corrected chi connectivity index (χ0v) is 13.1. The van der Waals surface area contributed by atoms with Crippen molar-refractivity contribution in [3.05, 3.63) is 82.7 Å². The van der Waals surface area contributed by atoms with Crippen LogP contribution in [0.25, 0.3) is 0 Å². The summed E-state index contributed by atoms with van der Waals surface area (Å²) in [5.41, 5.74) is 2.23. The first-order chi connectivity index (χ1) is 11.0. The standard InChI is InChI=1S/C17H14ClF2N3/c1-10(15-8-21-9-23-15)17(11-2-3-22-16(18)6-11)12-4-13(19)7-14(20)5-12/h2-10,17H,1H3,(H,21,23). The molecule has 2 atom stereocenters. The van der Waals surface area contributed by atoms with Gasteiger partial charge in [0.2, 0.25) is 0 Å². The van der Waals surface area contributed by atoms with Crippen molar-refractivity contribution in [2.75, 3.05) is 0 Å². The fourth-order valence-corrected chi connectivity index (χ4v) is 3.01. The van der Waals surface area contributed by atoms with Gasteiger partial charge >= 0.3 is 0 Å². The largest absolute Gasteiger partial charge is 0.348 e. The van der Waals surface area contributed by atoms with Crippen molar-refractivity contribution >= 4 is 11.6 Å². The second-order valence-corrected chi connectivity index (χ2v) is 5.78. The molecule has 0 aliphatic heterocycles. The first-order valence-corrected chi connectivity index (χ1v) is 7.48. The number of halogens is 3. The molecule has 0 fully saturated rings. The van der Waals surface area contributed by atoms with Gasteiger partial charge in [0.05, 0.1) is 6.33 Å². The summed E-state index contributed by atoms with van der Waals surface area (Å²) in [4.78, 5) is 11.0. The summed E-state index contributed by atoms with van der Waals surface area (Å²) in [6, 6.07) is 7.05. The van der Waals surface area contributed by atoms with Crippen molar-refractivity contribution in [3.8, 4) is 0 Å². The minimum Gasteiger partial charge on any atom is -0.348 e. The van der Waals surface area contributed by atoms with Gasteiger partial charge in [0, 0.05) is 36.0 Å². The Morgan fingerprint density at radius 3 is 2.43 bits per heavy atom. The molecule has 1 aromatic carbocycles. The Hall–Kier alpha value is -2.27. The lowest BCUT2D eigenvalue weighted by Crippen LogP contribution is -2.11. The van der Waals surface area contributed by atoms with Gasteiger partial charge in [0.15, 0.2) is 0 Å². The first-order valence-electron chi connectivity index (χ1n) is 7.10. The minimum absolute atomic E-state index is 0.0860. The van der Waals surface area contributed by atoms with E-state index in [9.17, 15) is 8.78 Å². The average Bonchev–Trinajstić information content (AvgIpc) is 3.00. The van der Waals surface area contributed by atoms with Crippen LogP contribution in [0.2, 0.25) is 5.15 Å². The molecule has 0 aliphatic carbocycles. The molecule has 2 heterocycles. The van der Waals surface area contributed by atoms with E-state index in [0.717, 1.165) is 17.3 Å². The van der Waals surface area contributed by atoms with Gasteiger partial charge in [-0.25, -0.2) is 18.7 Å². The lowest BCUT2D eigenvalue weighted by Gasteiger charge is -2.24. The third-order valence-corrected chi connectivity index (χ3v) is 4.07. The molecule has 0 amide bonds. The van der Waals surface area contributed by atoms with Crippen LogP contribution in [0.4, 0.5) is 8.78 Å². The Balaban J connectivity index is 2.13. The Kier molecular flexibility index (Phi) is 4.39. The number of H-pyrrole nitrogens is 1. The van der Waals surface area contributed by atoms with Crippen molar-refractivity contribution < 1.29 is 8.78 Å². The van der Waals surface area contributed by atoms with Gasteiger partial charge in [0.1, 0.15) is 16.8 Å². The molecule has 118 valence electrons. The van der Waals surface area contributed by atoms with Crippen LogP contribution in [-0.2, 0) is 0 Å². The summed E-state index contributed by atoms with van der Waals surface area (Å²) in [5.74, 6) is -1.60. The Bertz CT molecular complexity index is 785. The third-order valence-electron chi connectivity index (χ3n) is 3.86. The molecule has 0 aliphatic rings. The second kappa shape index (κ2) is 6.46. The van der Waals surface area contributed by atoms with Crippen LogP contribution in [0.1, 0.15) is 35.6 Å². The normalized spacial score (nSPS) is 13.7. The number of imidazole rings is 1. The van der Waals surface area contributed by atoms with Crippen molar-refractivity contribution in [1.29, 1.82) is 0 Å². The highest BCUT2D eigenvalue weighted by molar-refractivity contribution is 6.29. The van der Waals surface area contributed by atoms with Crippen molar-refractivity contribution in [3.63, 3.8) is 0 Å². The van der Waals surface area contributed by atoms with E-state index in [1.54, 1.807) is 30.9 Å². The van der Waals surface area contributed by atoms with Gasteiger partial charge < -0.3 is 4.98 Å². The Morgan fingerprint density at radius 1 is 1.09 bits per heavy atom. The first kappa shape index (κ1) is 15.6. The summed E-state index contributed by atoms with van der Waals surface area (Å²) in [5, 5.41) is 0.334. The topological polar surface area (TPSA) is 41.6 Å². The molecule has 23 heavy (non-hydrogen) atoms. The van der Waals surface area contributed by atoms with Crippen LogP contribution in [0, 0.1) is 11.6 Å². The fourth-order valence-electron chi connectivity index (χ4n) is 2.83. The molecule has 0 radical (unpaired) electrons. The Morgan fingerprint density at radius 2 is 1.83 bits per heavy atom. The van der Waals surface area contributed by atoms with E-state index < -0.39 is 11.6 Å². The van der Waals surface area contributed by atoms with E-state index in [-0.39, 0.29) is 11.8 Å². The van der Waals surface area contributed by atoms with Gasteiger partial charge in [0.25, 0.3) is 0 Å². The second-order valence-electron chi connectivity index (χ2n) is 5.39. The summed E-state index contributed by atoms with van der Waals surface area (Å²) in [6.07, 6.45) is 4.87. The number of aromatic amines is 1.